The molecule has 0 saturated carbocycles. The Bertz CT molecular complexity index is 486. The SMILES string of the molecule is COc1ccc(OC)c2c1CCC=C2C(C)=O. The van der Waals surface area contributed by atoms with Crippen molar-refractivity contribution in [3.05, 3.63) is 29.3 Å². The number of fused-ring (bicyclic) bond motifs is 1. The van der Waals surface area contributed by atoms with Crippen molar-refractivity contribution < 1.29 is 14.3 Å². The van der Waals surface area contributed by atoms with Gasteiger partial charge >= 0.3 is 0 Å². The highest BCUT2D eigenvalue weighted by molar-refractivity contribution is 6.21. The molecule has 0 spiro atoms. The highest BCUT2D eigenvalue weighted by Crippen LogP contribution is 2.39. The van der Waals surface area contributed by atoms with Crippen LogP contribution in [0.3, 0.4) is 0 Å². The zero-order valence-electron chi connectivity index (χ0n) is 10.4. The fourth-order valence-corrected chi connectivity index (χ4v) is 2.29. The molecule has 0 unspecified atom stereocenters. The van der Waals surface area contributed by atoms with Crippen LogP contribution in [0.25, 0.3) is 5.57 Å². The van der Waals surface area contributed by atoms with Crippen molar-refractivity contribution in [1.29, 1.82) is 0 Å². The molecule has 0 radical (unpaired) electrons. The van der Waals surface area contributed by atoms with Gasteiger partial charge in [0.05, 0.1) is 14.2 Å². The van der Waals surface area contributed by atoms with Gasteiger partial charge in [0.2, 0.25) is 0 Å². The maximum atomic E-state index is 11.7. The van der Waals surface area contributed by atoms with Crippen LogP contribution in [-0.2, 0) is 11.2 Å². The van der Waals surface area contributed by atoms with Crippen LogP contribution < -0.4 is 9.47 Å². The van der Waals surface area contributed by atoms with Gasteiger partial charge in [0.25, 0.3) is 0 Å². The van der Waals surface area contributed by atoms with Gasteiger partial charge in [-0.2, -0.15) is 0 Å². The van der Waals surface area contributed by atoms with Crippen molar-refractivity contribution in [3.8, 4) is 11.5 Å². The molecule has 0 fully saturated rings. The fourth-order valence-electron chi connectivity index (χ4n) is 2.29. The number of ether oxygens (including phenoxy) is 2. The van der Waals surface area contributed by atoms with Gasteiger partial charge in [0, 0.05) is 16.7 Å². The van der Waals surface area contributed by atoms with E-state index in [1.54, 1.807) is 21.1 Å². The zero-order valence-corrected chi connectivity index (χ0v) is 10.4. The van der Waals surface area contributed by atoms with Gasteiger partial charge < -0.3 is 9.47 Å². The standard InChI is InChI=1S/C14H16O3/c1-9(15)10-5-4-6-11-12(16-2)7-8-13(17-3)14(10)11/h5,7-8H,4,6H2,1-3H3. The van der Waals surface area contributed by atoms with E-state index >= 15 is 0 Å². The summed E-state index contributed by atoms with van der Waals surface area (Å²) in [6.07, 6.45) is 3.73. The minimum Gasteiger partial charge on any atom is -0.496 e. The van der Waals surface area contributed by atoms with Crippen molar-refractivity contribution in [3.63, 3.8) is 0 Å². The monoisotopic (exact) mass is 232 g/mol. The van der Waals surface area contributed by atoms with Gasteiger partial charge in [0.1, 0.15) is 11.5 Å². The van der Waals surface area contributed by atoms with Crippen LogP contribution in [0.1, 0.15) is 24.5 Å². The number of carbonyl (C=O) groups is 1. The molecule has 0 aliphatic heterocycles. The third-order valence-electron chi connectivity index (χ3n) is 3.06. The highest BCUT2D eigenvalue weighted by Gasteiger charge is 2.23. The van der Waals surface area contributed by atoms with E-state index in [-0.39, 0.29) is 5.78 Å². The minimum atomic E-state index is 0.0671. The molecular formula is C14H16O3. The molecule has 0 N–H and O–H groups in total. The van der Waals surface area contributed by atoms with Crippen LogP contribution in [0.2, 0.25) is 0 Å². The Hall–Kier alpha value is -1.77. The number of Topliss-reactive ketones (excluding diaryl/α,β-unsaturated/α-hetero) is 1. The minimum absolute atomic E-state index is 0.0671. The summed E-state index contributed by atoms with van der Waals surface area (Å²) in [5.74, 6) is 1.63. The maximum Gasteiger partial charge on any atom is 0.160 e. The second kappa shape index (κ2) is 4.62. The lowest BCUT2D eigenvalue weighted by atomic mass is 9.87. The van der Waals surface area contributed by atoms with E-state index in [0.29, 0.717) is 0 Å². The van der Waals surface area contributed by atoms with Gasteiger partial charge in [-0.05, 0) is 31.9 Å². The van der Waals surface area contributed by atoms with Crippen LogP contribution in [0.5, 0.6) is 11.5 Å². The van der Waals surface area contributed by atoms with Gasteiger partial charge in [-0.25, -0.2) is 0 Å². The van der Waals surface area contributed by atoms with Crippen LogP contribution >= 0.6 is 0 Å². The predicted molar refractivity (Wildman–Crippen MR) is 66.5 cm³/mol. The first-order chi connectivity index (χ1) is 8.19. The predicted octanol–water partition coefficient (Wildman–Crippen LogP) is 2.62. The average Bonchev–Trinajstić information content (AvgIpc) is 2.36. The lowest BCUT2D eigenvalue weighted by molar-refractivity contribution is -0.111. The number of hydrogen-bond acceptors (Lipinski definition) is 3. The molecule has 3 heteroatoms. The van der Waals surface area contributed by atoms with Crippen LogP contribution in [-0.4, -0.2) is 20.0 Å². The van der Waals surface area contributed by atoms with Crippen molar-refractivity contribution in [2.75, 3.05) is 14.2 Å². The van der Waals surface area contributed by atoms with Gasteiger partial charge in [-0.1, -0.05) is 6.08 Å². The topological polar surface area (TPSA) is 35.5 Å². The summed E-state index contributed by atoms with van der Waals surface area (Å²) in [6.45, 7) is 1.58. The number of ketones is 1. The Morgan fingerprint density at radius 1 is 1.18 bits per heavy atom. The zero-order chi connectivity index (χ0) is 12.4. The number of methoxy groups -OCH3 is 2. The average molecular weight is 232 g/mol. The normalized spacial score (nSPS) is 13.7. The molecule has 90 valence electrons. The molecule has 0 aromatic heterocycles. The second-order valence-corrected chi connectivity index (χ2v) is 4.04. The Labute approximate surface area is 101 Å². The first-order valence-electron chi connectivity index (χ1n) is 5.64. The molecule has 1 aliphatic carbocycles. The van der Waals surface area contributed by atoms with E-state index in [0.717, 1.165) is 41.0 Å². The number of allylic oxidation sites excluding steroid dienone is 2. The number of rotatable bonds is 3. The first kappa shape index (κ1) is 11.7. The van der Waals surface area contributed by atoms with E-state index < -0.39 is 0 Å². The molecule has 0 amide bonds. The van der Waals surface area contributed by atoms with Crippen LogP contribution in [0.4, 0.5) is 0 Å². The summed E-state index contributed by atoms with van der Waals surface area (Å²) in [4.78, 5) is 11.7. The summed E-state index contributed by atoms with van der Waals surface area (Å²) in [6, 6.07) is 3.74. The summed E-state index contributed by atoms with van der Waals surface area (Å²) >= 11 is 0. The lowest BCUT2D eigenvalue weighted by Crippen LogP contribution is -2.09. The second-order valence-electron chi connectivity index (χ2n) is 4.04. The lowest BCUT2D eigenvalue weighted by Gasteiger charge is -2.21. The summed E-state index contributed by atoms with van der Waals surface area (Å²) in [5, 5.41) is 0. The number of benzene rings is 1. The highest BCUT2D eigenvalue weighted by atomic mass is 16.5. The third-order valence-corrected chi connectivity index (χ3v) is 3.06. The molecular weight excluding hydrogens is 216 g/mol. The molecule has 3 nitrogen and oxygen atoms in total. The van der Waals surface area contributed by atoms with Gasteiger partial charge in [0.15, 0.2) is 5.78 Å². The molecule has 0 atom stereocenters. The third kappa shape index (κ3) is 1.93. The molecule has 1 aromatic rings. The van der Waals surface area contributed by atoms with Crippen LogP contribution in [0, 0.1) is 0 Å². The van der Waals surface area contributed by atoms with Gasteiger partial charge in [-0.15, -0.1) is 0 Å². The Morgan fingerprint density at radius 2 is 1.82 bits per heavy atom. The van der Waals surface area contributed by atoms with Crippen molar-refractivity contribution >= 4 is 11.4 Å². The molecule has 0 saturated heterocycles. The largest absolute Gasteiger partial charge is 0.496 e. The van der Waals surface area contributed by atoms with E-state index in [9.17, 15) is 4.79 Å². The van der Waals surface area contributed by atoms with Crippen molar-refractivity contribution in [2.24, 2.45) is 0 Å². The van der Waals surface area contributed by atoms with E-state index in [1.807, 2.05) is 18.2 Å². The summed E-state index contributed by atoms with van der Waals surface area (Å²) < 4.78 is 10.7. The van der Waals surface area contributed by atoms with Crippen molar-refractivity contribution in [1.82, 2.24) is 0 Å². The molecule has 1 aromatic carbocycles. The molecule has 0 heterocycles. The summed E-state index contributed by atoms with van der Waals surface area (Å²) in [5.41, 5.74) is 2.70. The molecule has 0 bridgehead atoms. The smallest absolute Gasteiger partial charge is 0.160 e. The molecule has 1 aliphatic rings. The van der Waals surface area contributed by atoms with E-state index in [2.05, 4.69) is 0 Å². The number of carbonyl (C=O) groups excluding carboxylic acids is 1. The quantitative estimate of drug-likeness (QED) is 0.803. The first-order valence-corrected chi connectivity index (χ1v) is 5.64. The Morgan fingerprint density at radius 3 is 2.41 bits per heavy atom. The van der Waals surface area contributed by atoms with Gasteiger partial charge in [-0.3, -0.25) is 4.79 Å². The van der Waals surface area contributed by atoms with E-state index in [1.165, 1.54) is 0 Å². The van der Waals surface area contributed by atoms with Crippen molar-refractivity contribution in [2.45, 2.75) is 19.8 Å². The molecule has 17 heavy (non-hydrogen) atoms. The fraction of sp³-hybridized carbons (Fsp3) is 0.357. The van der Waals surface area contributed by atoms with E-state index in [4.69, 9.17) is 9.47 Å². The Balaban J connectivity index is 2.67. The summed E-state index contributed by atoms with van der Waals surface area (Å²) in [7, 11) is 3.27. The molecule has 2 rings (SSSR count). The Kier molecular flexibility index (Phi) is 3.18. The van der Waals surface area contributed by atoms with Crippen LogP contribution in [0.15, 0.2) is 18.2 Å². The maximum absolute atomic E-state index is 11.7. The number of hydrogen-bond donors (Lipinski definition) is 0.